The molecule has 0 heterocycles. The Morgan fingerprint density at radius 1 is 1.17 bits per heavy atom. The fraction of sp³-hybridized carbons (Fsp3) is 0.654. The van der Waals surface area contributed by atoms with Crippen LogP contribution in [-0.2, 0) is 16.0 Å². The van der Waals surface area contributed by atoms with Gasteiger partial charge in [-0.15, -0.1) is 0 Å². The van der Waals surface area contributed by atoms with E-state index < -0.39 is 0 Å². The Kier molecular flexibility index (Phi) is 10.5. The molecule has 29 heavy (non-hydrogen) atoms. The third kappa shape index (κ3) is 8.34. The number of carbonyl (C=O) groups is 1. The molecule has 3 heteroatoms. The van der Waals surface area contributed by atoms with Crippen LogP contribution in [0.4, 0.5) is 0 Å². The van der Waals surface area contributed by atoms with Gasteiger partial charge in [0, 0.05) is 18.1 Å². The van der Waals surface area contributed by atoms with Gasteiger partial charge >= 0.3 is 5.97 Å². The van der Waals surface area contributed by atoms with E-state index in [9.17, 15) is 9.90 Å². The van der Waals surface area contributed by atoms with Crippen molar-refractivity contribution in [3.8, 4) is 0 Å². The van der Waals surface area contributed by atoms with Gasteiger partial charge in [-0.1, -0.05) is 50.6 Å². The predicted octanol–water partition coefficient (Wildman–Crippen LogP) is 6.20. The number of aryl methyl sites for hydroxylation is 1. The third-order valence-electron chi connectivity index (χ3n) is 6.41. The lowest BCUT2D eigenvalue weighted by Gasteiger charge is -2.29. The lowest BCUT2D eigenvalue weighted by molar-refractivity contribution is -0.140. The summed E-state index contributed by atoms with van der Waals surface area (Å²) in [7, 11) is 0. The number of hydrogen-bond donors (Lipinski definition) is 1. The quantitative estimate of drug-likeness (QED) is 0.258. The summed E-state index contributed by atoms with van der Waals surface area (Å²) in [4.78, 5) is 11.5. The largest absolute Gasteiger partial charge is 0.462 e. The van der Waals surface area contributed by atoms with Gasteiger partial charge in [0.25, 0.3) is 0 Å². The van der Waals surface area contributed by atoms with Crippen LogP contribution in [0.25, 0.3) is 0 Å². The minimum atomic E-state index is -0.361. The van der Waals surface area contributed by atoms with Crippen LogP contribution in [0.15, 0.2) is 36.4 Å². The molecule has 0 spiro atoms. The second kappa shape index (κ2) is 12.8. The number of aliphatic hydroxyl groups is 1. The molecular formula is C26H40O3. The average Bonchev–Trinajstić information content (AvgIpc) is 2.74. The molecule has 1 atom stereocenters. The summed E-state index contributed by atoms with van der Waals surface area (Å²) in [5.74, 6) is 1.10. The molecule has 0 aliphatic heterocycles. The molecule has 3 nitrogen and oxygen atoms in total. The van der Waals surface area contributed by atoms with Crippen LogP contribution in [0, 0.1) is 11.8 Å². The first kappa shape index (κ1) is 23.7. The van der Waals surface area contributed by atoms with Crippen LogP contribution in [0.3, 0.4) is 0 Å². The van der Waals surface area contributed by atoms with Gasteiger partial charge in [-0.2, -0.15) is 0 Å². The number of ether oxygens (including phenoxy) is 1. The maximum Gasteiger partial charge on any atom is 0.333 e. The molecule has 1 aliphatic carbocycles. The minimum Gasteiger partial charge on any atom is -0.462 e. The zero-order chi connectivity index (χ0) is 21.1. The van der Waals surface area contributed by atoms with E-state index in [1.165, 1.54) is 62.5 Å². The molecule has 1 aromatic rings. The van der Waals surface area contributed by atoms with Crippen molar-refractivity contribution >= 4 is 5.97 Å². The lowest BCUT2D eigenvalue weighted by atomic mass is 9.76. The smallest absolute Gasteiger partial charge is 0.333 e. The third-order valence-corrected chi connectivity index (χ3v) is 6.41. The Balaban J connectivity index is 1.70. The van der Waals surface area contributed by atoms with Crippen LogP contribution >= 0.6 is 0 Å². The second-order valence-corrected chi connectivity index (χ2v) is 8.92. The Morgan fingerprint density at radius 3 is 2.45 bits per heavy atom. The summed E-state index contributed by atoms with van der Waals surface area (Å²) in [6, 6.07) is 9.36. The monoisotopic (exact) mass is 400 g/mol. The van der Waals surface area contributed by atoms with Crippen LogP contribution < -0.4 is 0 Å². The van der Waals surface area contributed by atoms with Crippen LogP contribution in [0.5, 0.6) is 0 Å². The Morgan fingerprint density at radius 2 is 1.86 bits per heavy atom. The zero-order valence-electron chi connectivity index (χ0n) is 18.5. The summed E-state index contributed by atoms with van der Waals surface area (Å²) in [5.41, 5.74) is 3.38. The summed E-state index contributed by atoms with van der Waals surface area (Å²) >= 11 is 0. The molecular weight excluding hydrogens is 360 g/mol. The minimum absolute atomic E-state index is 0.0382. The normalized spacial score (nSPS) is 20.2. The van der Waals surface area contributed by atoms with Crippen molar-refractivity contribution in [2.24, 2.45) is 11.8 Å². The van der Waals surface area contributed by atoms with Crippen molar-refractivity contribution in [1.29, 1.82) is 0 Å². The molecule has 0 radical (unpaired) electrons. The topological polar surface area (TPSA) is 46.5 Å². The summed E-state index contributed by atoms with van der Waals surface area (Å²) in [5, 5.41) is 9.57. The number of aliphatic hydroxyl groups excluding tert-OH is 1. The summed E-state index contributed by atoms with van der Waals surface area (Å²) in [6.07, 6.45) is 12.2. The molecule has 162 valence electrons. The van der Waals surface area contributed by atoms with Gasteiger partial charge in [-0.3, -0.25) is 0 Å². The van der Waals surface area contributed by atoms with Gasteiger partial charge in [-0.25, -0.2) is 4.79 Å². The standard InChI is InChI=1S/C26H40O3/c1-4-5-6-7-21-10-14-24(15-11-21)25-16-12-22(13-17-25)8-9-23(18-27)19-29-26(28)20(2)3/h10-11,14-15,22-23,25,27H,2,4-9,12-13,16-19H2,1,3H3. The van der Waals surface area contributed by atoms with Gasteiger partial charge in [0.05, 0.1) is 6.61 Å². The van der Waals surface area contributed by atoms with Crippen LogP contribution in [0.2, 0.25) is 0 Å². The van der Waals surface area contributed by atoms with E-state index in [1.54, 1.807) is 6.92 Å². The molecule has 0 saturated heterocycles. The average molecular weight is 401 g/mol. The number of carbonyl (C=O) groups excluding carboxylic acids is 1. The molecule has 0 aromatic heterocycles. The fourth-order valence-corrected chi connectivity index (χ4v) is 4.34. The van der Waals surface area contributed by atoms with E-state index in [-0.39, 0.29) is 18.5 Å². The molecule has 1 fully saturated rings. The first-order valence-electron chi connectivity index (χ1n) is 11.6. The first-order chi connectivity index (χ1) is 14.0. The van der Waals surface area contributed by atoms with E-state index in [0.29, 0.717) is 18.1 Å². The highest BCUT2D eigenvalue weighted by Gasteiger charge is 2.23. The number of benzene rings is 1. The van der Waals surface area contributed by atoms with E-state index in [1.807, 2.05) is 0 Å². The number of rotatable bonds is 12. The molecule has 1 N–H and O–H groups in total. The molecule has 1 saturated carbocycles. The highest BCUT2D eigenvalue weighted by atomic mass is 16.5. The van der Waals surface area contributed by atoms with Crippen molar-refractivity contribution in [2.45, 2.75) is 84.0 Å². The van der Waals surface area contributed by atoms with Gasteiger partial charge in [0.1, 0.15) is 0 Å². The van der Waals surface area contributed by atoms with E-state index in [4.69, 9.17) is 4.74 Å². The molecule has 1 unspecified atom stereocenters. The molecule has 1 aromatic carbocycles. The Bertz CT molecular complexity index is 611. The summed E-state index contributed by atoms with van der Waals surface area (Å²) < 4.78 is 5.21. The predicted molar refractivity (Wildman–Crippen MR) is 120 cm³/mol. The number of unbranched alkanes of at least 4 members (excludes halogenated alkanes) is 2. The van der Waals surface area contributed by atoms with Crippen LogP contribution in [-0.4, -0.2) is 24.3 Å². The maximum atomic E-state index is 11.5. The van der Waals surface area contributed by atoms with Gasteiger partial charge in [0.15, 0.2) is 0 Å². The van der Waals surface area contributed by atoms with Crippen molar-refractivity contribution in [3.05, 3.63) is 47.5 Å². The van der Waals surface area contributed by atoms with Gasteiger partial charge in [-0.05, 0) is 81.3 Å². The molecule has 1 aliphatic rings. The van der Waals surface area contributed by atoms with Crippen molar-refractivity contribution in [1.82, 2.24) is 0 Å². The SMILES string of the molecule is C=C(C)C(=O)OCC(CO)CCC1CCC(c2ccc(CCCCC)cc2)CC1. The Hall–Kier alpha value is -1.61. The first-order valence-corrected chi connectivity index (χ1v) is 11.6. The highest BCUT2D eigenvalue weighted by Crippen LogP contribution is 2.38. The molecule has 0 bridgehead atoms. The van der Waals surface area contributed by atoms with E-state index >= 15 is 0 Å². The molecule has 2 rings (SSSR count). The maximum absolute atomic E-state index is 11.5. The van der Waals surface area contributed by atoms with Gasteiger partial charge in [0.2, 0.25) is 0 Å². The van der Waals surface area contributed by atoms with Crippen molar-refractivity contribution in [3.63, 3.8) is 0 Å². The highest BCUT2D eigenvalue weighted by molar-refractivity contribution is 5.86. The summed E-state index contributed by atoms with van der Waals surface area (Å²) in [6.45, 7) is 7.86. The zero-order valence-corrected chi connectivity index (χ0v) is 18.5. The lowest BCUT2D eigenvalue weighted by Crippen LogP contribution is -2.20. The van der Waals surface area contributed by atoms with Crippen molar-refractivity contribution < 1.29 is 14.6 Å². The number of esters is 1. The van der Waals surface area contributed by atoms with Gasteiger partial charge < -0.3 is 9.84 Å². The number of hydrogen-bond acceptors (Lipinski definition) is 3. The van der Waals surface area contributed by atoms with E-state index in [0.717, 1.165) is 18.8 Å². The van der Waals surface area contributed by atoms with Crippen LogP contribution in [0.1, 0.15) is 88.7 Å². The molecule has 0 amide bonds. The van der Waals surface area contributed by atoms with E-state index in [2.05, 4.69) is 37.8 Å². The van der Waals surface area contributed by atoms with Crippen molar-refractivity contribution in [2.75, 3.05) is 13.2 Å². The fourth-order valence-electron chi connectivity index (χ4n) is 4.34. The second-order valence-electron chi connectivity index (χ2n) is 8.92. The Labute approximate surface area is 177 Å².